The second kappa shape index (κ2) is 7.62. The molecule has 0 spiro atoms. The van der Waals surface area contributed by atoms with Gasteiger partial charge in [0, 0.05) is 45.8 Å². The van der Waals surface area contributed by atoms with Gasteiger partial charge in [-0.25, -0.2) is 0 Å². The molecule has 1 fully saturated rings. The van der Waals surface area contributed by atoms with Gasteiger partial charge in [0.05, 0.1) is 12.1 Å². The van der Waals surface area contributed by atoms with Crippen molar-refractivity contribution in [3.8, 4) is 0 Å². The van der Waals surface area contributed by atoms with Gasteiger partial charge in [0.1, 0.15) is 0 Å². The largest absolute Gasteiger partial charge is 0.341 e. The van der Waals surface area contributed by atoms with Gasteiger partial charge in [-0.1, -0.05) is 30.3 Å². The van der Waals surface area contributed by atoms with E-state index in [0.29, 0.717) is 6.54 Å². The van der Waals surface area contributed by atoms with Gasteiger partial charge in [0.15, 0.2) is 0 Å². The molecule has 0 saturated carbocycles. The molecule has 1 aliphatic heterocycles. The fourth-order valence-electron chi connectivity index (χ4n) is 3.14. The van der Waals surface area contributed by atoms with E-state index in [1.807, 2.05) is 49.6 Å². The number of halogens is 1. The van der Waals surface area contributed by atoms with E-state index in [0.717, 1.165) is 24.2 Å². The zero-order valence-corrected chi connectivity index (χ0v) is 14.3. The van der Waals surface area contributed by atoms with Crippen LogP contribution in [0.1, 0.15) is 17.0 Å². The van der Waals surface area contributed by atoms with Gasteiger partial charge in [-0.3, -0.25) is 9.48 Å². The molecule has 3 rings (SSSR count). The minimum absolute atomic E-state index is 0. The summed E-state index contributed by atoms with van der Waals surface area (Å²) < 4.78 is 1.79. The van der Waals surface area contributed by atoms with Crippen molar-refractivity contribution in [3.05, 3.63) is 53.9 Å². The number of nitrogens with one attached hydrogen (secondary N) is 1. The van der Waals surface area contributed by atoms with E-state index in [2.05, 4.69) is 22.5 Å². The maximum atomic E-state index is 12.8. The lowest BCUT2D eigenvalue weighted by Crippen LogP contribution is -2.35. The summed E-state index contributed by atoms with van der Waals surface area (Å²) in [6.07, 6.45) is 3.88. The van der Waals surface area contributed by atoms with Crippen LogP contribution >= 0.6 is 12.4 Å². The molecule has 0 aliphatic carbocycles. The van der Waals surface area contributed by atoms with Gasteiger partial charge in [-0.15, -0.1) is 12.4 Å². The number of nitrogens with zero attached hydrogens (tertiary/aromatic N) is 3. The lowest BCUT2D eigenvalue weighted by molar-refractivity contribution is -0.134. The molecule has 1 saturated heterocycles. The van der Waals surface area contributed by atoms with Gasteiger partial charge >= 0.3 is 0 Å². The molecule has 1 aliphatic rings. The zero-order chi connectivity index (χ0) is 15.5. The Kier molecular flexibility index (Phi) is 5.80. The van der Waals surface area contributed by atoms with Crippen LogP contribution in [0.3, 0.4) is 0 Å². The summed E-state index contributed by atoms with van der Waals surface area (Å²) in [6.45, 7) is 2.22. The number of benzene rings is 1. The summed E-state index contributed by atoms with van der Waals surface area (Å²) in [7, 11) is 3.79. The first-order valence-electron chi connectivity index (χ1n) is 7.63. The Balaban J connectivity index is 0.00000192. The van der Waals surface area contributed by atoms with Crippen molar-refractivity contribution in [3.63, 3.8) is 0 Å². The van der Waals surface area contributed by atoms with Crippen molar-refractivity contribution >= 4 is 18.3 Å². The monoisotopic (exact) mass is 334 g/mol. The third kappa shape index (κ3) is 3.92. The quantitative estimate of drug-likeness (QED) is 0.927. The van der Waals surface area contributed by atoms with E-state index in [-0.39, 0.29) is 30.2 Å². The SMILES string of the molecule is CN(Cc1ccccc1)C(=O)[C@H]1CNC[C@@H]1c1cnn(C)c1.Cl. The molecule has 1 aromatic heterocycles. The number of hydrogen-bond donors (Lipinski definition) is 1. The molecule has 23 heavy (non-hydrogen) atoms. The molecule has 1 aromatic carbocycles. The first kappa shape index (κ1) is 17.5. The lowest BCUT2D eigenvalue weighted by Gasteiger charge is -2.24. The van der Waals surface area contributed by atoms with E-state index < -0.39 is 0 Å². The number of hydrogen-bond acceptors (Lipinski definition) is 3. The first-order chi connectivity index (χ1) is 10.6. The Labute approximate surface area is 143 Å². The Morgan fingerprint density at radius 2 is 2.09 bits per heavy atom. The average Bonchev–Trinajstić information content (AvgIpc) is 3.15. The Morgan fingerprint density at radius 3 is 2.74 bits per heavy atom. The van der Waals surface area contributed by atoms with Gasteiger partial charge < -0.3 is 10.2 Å². The van der Waals surface area contributed by atoms with Crippen molar-refractivity contribution in [2.75, 3.05) is 20.1 Å². The van der Waals surface area contributed by atoms with Crippen molar-refractivity contribution in [2.45, 2.75) is 12.5 Å². The van der Waals surface area contributed by atoms with Crippen LogP contribution in [-0.4, -0.2) is 40.7 Å². The number of carbonyl (C=O) groups is 1. The number of aryl methyl sites for hydroxylation is 1. The molecule has 2 heterocycles. The zero-order valence-electron chi connectivity index (χ0n) is 13.5. The fourth-order valence-corrected chi connectivity index (χ4v) is 3.14. The van der Waals surface area contributed by atoms with E-state index in [1.165, 1.54) is 0 Å². The summed E-state index contributed by atoms with van der Waals surface area (Å²) >= 11 is 0. The van der Waals surface area contributed by atoms with Crippen LogP contribution in [0.25, 0.3) is 0 Å². The van der Waals surface area contributed by atoms with Crippen LogP contribution in [0.2, 0.25) is 0 Å². The molecule has 0 bridgehead atoms. The van der Waals surface area contributed by atoms with Crippen molar-refractivity contribution in [2.24, 2.45) is 13.0 Å². The smallest absolute Gasteiger partial charge is 0.227 e. The molecular formula is C17H23ClN4O. The second-order valence-electron chi connectivity index (χ2n) is 6.00. The van der Waals surface area contributed by atoms with Crippen LogP contribution < -0.4 is 5.32 Å². The number of carbonyl (C=O) groups excluding carboxylic acids is 1. The first-order valence-corrected chi connectivity index (χ1v) is 7.63. The van der Waals surface area contributed by atoms with E-state index >= 15 is 0 Å². The third-order valence-corrected chi connectivity index (χ3v) is 4.32. The molecule has 0 radical (unpaired) electrons. The molecule has 5 nitrogen and oxygen atoms in total. The van der Waals surface area contributed by atoms with Gasteiger partial charge in [-0.05, 0) is 11.1 Å². The summed E-state index contributed by atoms with van der Waals surface area (Å²) in [5.41, 5.74) is 2.29. The van der Waals surface area contributed by atoms with Gasteiger partial charge in [0.2, 0.25) is 5.91 Å². The topological polar surface area (TPSA) is 50.2 Å². The minimum Gasteiger partial charge on any atom is -0.341 e. The fraction of sp³-hybridized carbons (Fsp3) is 0.412. The van der Waals surface area contributed by atoms with Crippen LogP contribution in [0.15, 0.2) is 42.7 Å². The predicted octanol–water partition coefficient (Wildman–Crippen LogP) is 1.80. The van der Waals surface area contributed by atoms with Crippen molar-refractivity contribution in [1.82, 2.24) is 20.0 Å². The summed E-state index contributed by atoms with van der Waals surface area (Å²) in [4.78, 5) is 14.6. The van der Waals surface area contributed by atoms with Gasteiger partial charge in [0.25, 0.3) is 0 Å². The summed E-state index contributed by atoms with van der Waals surface area (Å²) in [5, 5.41) is 7.58. The molecule has 1 N–H and O–H groups in total. The lowest BCUT2D eigenvalue weighted by atomic mass is 9.90. The maximum Gasteiger partial charge on any atom is 0.227 e. The summed E-state index contributed by atoms with van der Waals surface area (Å²) in [5.74, 6) is 0.389. The Morgan fingerprint density at radius 1 is 1.35 bits per heavy atom. The van der Waals surface area contributed by atoms with Crippen LogP contribution in [0.4, 0.5) is 0 Å². The highest BCUT2D eigenvalue weighted by molar-refractivity contribution is 5.85. The van der Waals surface area contributed by atoms with Crippen molar-refractivity contribution < 1.29 is 4.79 Å². The molecular weight excluding hydrogens is 312 g/mol. The molecule has 1 amide bonds. The predicted molar refractivity (Wildman–Crippen MR) is 92.5 cm³/mol. The van der Waals surface area contributed by atoms with Crippen LogP contribution in [0, 0.1) is 5.92 Å². The van der Waals surface area contributed by atoms with Gasteiger partial charge in [-0.2, -0.15) is 5.10 Å². The molecule has 124 valence electrons. The van der Waals surface area contributed by atoms with Crippen molar-refractivity contribution in [1.29, 1.82) is 0 Å². The highest BCUT2D eigenvalue weighted by atomic mass is 35.5. The summed E-state index contributed by atoms with van der Waals surface area (Å²) in [6, 6.07) is 10.1. The number of rotatable bonds is 4. The normalized spacial score (nSPS) is 20.1. The molecule has 0 unspecified atom stereocenters. The van der Waals surface area contributed by atoms with Crippen LogP contribution in [-0.2, 0) is 18.4 Å². The molecule has 2 atom stereocenters. The maximum absolute atomic E-state index is 12.8. The third-order valence-electron chi connectivity index (χ3n) is 4.32. The van der Waals surface area contributed by atoms with E-state index in [4.69, 9.17) is 0 Å². The second-order valence-corrected chi connectivity index (χ2v) is 6.00. The highest BCUT2D eigenvalue weighted by Crippen LogP contribution is 2.29. The van der Waals surface area contributed by atoms with E-state index in [1.54, 1.807) is 4.68 Å². The Hall–Kier alpha value is -1.85. The highest BCUT2D eigenvalue weighted by Gasteiger charge is 2.36. The molecule has 6 heteroatoms. The molecule has 2 aromatic rings. The average molecular weight is 335 g/mol. The minimum atomic E-state index is -0.0158. The van der Waals surface area contributed by atoms with E-state index in [9.17, 15) is 4.79 Å². The number of amides is 1. The standard InChI is InChI=1S/C17H22N4O.ClH/c1-20(11-13-6-4-3-5-7-13)17(22)16-10-18-9-15(16)14-8-19-21(2)12-14;/h3-8,12,15-16,18H,9-11H2,1-2H3;1H/t15-,16+;/m1./s1. The number of aromatic nitrogens is 2. The van der Waals surface area contributed by atoms with Crippen LogP contribution in [0.5, 0.6) is 0 Å². The Bertz CT molecular complexity index is 643.